The van der Waals surface area contributed by atoms with Crippen molar-refractivity contribution >= 4 is 55.6 Å². The number of aryl methyl sites for hydroxylation is 2. The number of hydrogen-bond acceptors (Lipinski definition) is 7. The Morgan fingerprint density at radius 1 is 1.09 bits per heavy atom. The number of hydrogen-bond donors (Lipinski definition) is 1. The fourth-order valence-corrected chi connectivity index (χ4v) is 8.51. The monoisotopic (exact) mass is 518 g/mol. The molecule has 7 nitrogen and oxygen atoms in total. The number of nitrogens with one attached hydrogen (secondary N) is 1. The Labute approximate surface area is 209 Å². The maximum absolute atomic E-state index is 13.2. The van der Waals surface area contributed by atoms with Crippen LogP contribution in [-0.2, 0) is 9.84 Å². The highest BCUT2D eigenvalue weighted by molar-refractivity contribution is 8.15. The average Bonchev–Trinajstić information content (AvgIpc) is 3.29. The standard InChI is InChI=1S/C24H27ClN4O3S2/c1-15-3-4-16(2)21(11-15)28-7-9-29(10-8-28)23(30)17-5-6-18(25)19(12-17)26-24-27-20-13-34(31,32)14-22(20)33-24/h3-6,11-12,20,22H,7-10,13-14H2,1-2H3,(H,26,27)/t20-,22+/m0/s1. The van der Waals surface area contributed by atoms with Gasteiger partial charge in [-0.1, -0.05) is 35.5 Å². The minimum atomic E-state index is -3.00. The molecule has 3 aliphatic rings. The van der Waals surface area contributed by atoms with Gasteiger partial charge in [0.2, 0.25) is 0 Å². The Balaban J connectivity index is 1.25. The second-order valence-corrected chi connectivity index (χ2v) is 12.9. The molecular formula is C24H27ClN4O3S2. The first-order valence-corrected chi connectivity index (χ1v) is 14.4. The number of amides is 1. The maximum Gasteiger partial charge on any atom is 0.254 e. The largest absolute Gasteiger partial charge is 0.368 e. The third-order valence-corrected chi connectivity index (χ3v) is 10.0. The average molecular weight is 519 g/mol. The smallest absolute Gasteiger partial charge is 0.254 e. The van der Waals surface area contributed by atoms with Crippen LogP contribution in [0.5, 0.6) is 0 Å². The summed E-state index contributed by atoms with van der Waals surface area (Å²) in [5.74, 6) is 0.220. The molecular weight excluding hydrogens is 492 g/mol. The number of fused-ring (bicyclic) bond motifs is 1. The highest BCUT2D eigenvalue weighted by atomic mass is 35.5. The summed E-state index contributed by atoms with van der Waals surface area (Å²) >= 11 is 7.82. The number of rotatable bonds is 3. The van der Waals surface area contributed by atoms with Crippen LogP contribution in [0.15, 0.2) is 41.4 Å². The second kappa shape index (κ2) is 9.09. The van der Waals surface area contributed by atoms with Gasteiger partial charge < -0.3 is 15.1 Å². The van der Waals surface area contributed by atoms with Gasteiger partial charge in [-0.3, -0.25) is 9.79 Å². The Morgan fingerprint density at radius 3 is 2.59 bits per heavy atom. The van der Waals surface area contributed by atoms with E-state index in [1.807, 2.05) is 4.90 Å². The zero-order valence-corrected chi connectivity index (χ0v) is 21.5. The first-order chi connectivity index (χ1) is 16.2. The van der Waals surface area contributed by atoms with Crippen molar-refractivity contribution in [3.8, 4) is 0 Å². The van der Waals surface area contributed by atoms with Crippen LogP contribution < -0.4 is 10.2 Å². The summed E-state index contributed by atoms with van der Waals surface area (Å²) in [6.45, 7) is 7.09. The van der Waals surface area contributed by atoms with Gasteiger partial charge in [-0.2, -0.15) is 0 Å². The summed E-state index contributed by atoms with van der Waals surface area (Å²) < 4.78 is 23.6. The van der Waals surface area contributed by atoms with Crippen LogP contribution in [0.2, 0.25) is 5.02 Å². The van der Waals surface area contributed by atoms with Crippen molar-refractivity contribution in [3.63, 3.8) is 0 Å². The maximum atomic E-state index is 13.2. The molecule has 2 aromatic rings. The van der Waals surface area contributed by atoms with Crippen LogP contribution >= 0.6 is 23.4 Å². The van der Waals surface area contributed by atoms with E-state index >= 15 is 0 Å². The summed E-state index contributed by atoms with van der Waals surface area (Å²) in [6.07, 6.45) is 0. The molecule has 10 heteroatoms. The number of aliphatic imine (C=N–C) groups is 1. The molecule has 0 aliphatic carbocycles. The number of nitrogens with zero attached hydrogens (tertiary/aromatic N) is 3. The van der Waals surface area contributed by atoms with E-state index in [0.29, 0.717) is 34.5 Å². The van der Waals surface area contributed by atoms with Gasteiger partial charge in [-0.15, -0.1) is 0 Å². The van der Waals surface area contributed by atoms with E-state index in [4.69, 9.17) is 11.6 Å². The Morgan fingerprint density at radius 2 is 1.85 bits per heavy atom. The van der Waals surface area contributed by atoms with Crippen molar-refractivity contribution in [2.45, 2.75) is 25.1 Å². The van der Waals surface area contributed by atoms with Gasteiger partial charge in [0.25, 0.3) is 5.91 Å². The van der Waals surface area contributed by atoms with E-state index in [1.54, 1.807) is 18.2 Å². The van der Waals surface area contributed by atoms with Gasteiger partial charge in [0, 0.05) is 42.7 Å². The lowest BCUT2D eigenvalue weighted by Gasteiger charge is -2.37. The third kappa shape index (κ3) is 4.78. The first kappa shape index (κ1) is 23.5. The minimum Gasteiger partial charge on any atom is -0.368 e. The van der Waals surface area contributed by atoms with E-state index in [1.165, 1.54) is 28.6 Å². The van der Waals surface area contributed by atoms with Crippen LogP contribution in [0.3, 0.4) is 0 Å². The molecule has 0 bridgehead atoms. The molecule has 0 unspecified atom stereocenters. The topological polar surface area (TPSA) is 82.1 Å². The van der Waals surface area contributed by atoms with Gasteiger partial charge in [-0.05, 0) is 49.2 Å². The van der Waals surface area contributed by atoms with Crippen molar-refractivity contribution in [2.75, 3.05) is 47.9 Å². The Kier molecular flexibility index (Phi) is 6.29. The lowest BCUT2D eigenvalue weighted by molar-refractivity contribution is 0.0747. The predicted molar refractivity (Wildman–Crippen MR) is 140 cm³/mol. The molecule has 3 heterocycles. The third-order valence-electron chi connectivity index (χ3n) is 6.55. The molecule has 180 valence electrons. The molecule has 0 aromatic heterocycles. The van der Waals surface area contributed by atoms with Crippen molar-refractivity contribution in [1.82, 2.24) is 4.90 Å². The van der Waals surface area contributed by atoms with Gasteiger partial charge in [0.15, 0.2) is 15.0 Å². The molecule has 2 fully saturated rings. The van der Waals surface area contributed by atoms with Crippen molar-refractivity contribution in [1.29, 1.82) is 0 Å². The van der Waals surface area contributed by atoms with Crippen molar-refractivity contribution < 1.29 is 13.2 Å². The number of anilines is 2. The number of sulfone groups is 1. The number of amidine groups is 1. The summed E-state index contributed by atoms with van der Waals surface area (Å²) in [4.78, 5) is 22.0. The normalized spacial score (nSPS) is 23.6. The first-order valence-electron chi connectivity index (χ1n) is 11.3. The fourth-order valence-electron chi connectivity index (χ4n) is 4.68. The highest BCUT2D eigenvalue weighted by Crippen LogP contribution is 2.36. The number of benzene rings is 2. The molecule has 0 saturated carbocycles. The summed E-state index contributed by atoms with van der Waals surface area (Å²) in [7, 11) is -3.00. The Hall–Kier alpha value is -2.23. The van der Waals surface area contributed by atoms with Gasteiger partial charge >= 0.3 is 0 Å². The van der Waals surface area contributed by atoms with Crippen molar-refractivity contribution in [3.05, 3.63) is 58.1 Å². The van der Waals surface area contributed by atoms with Gasteiger partial charge in [0.05, 0.1) is 28.3 Å². The minimum absolute atomic E-state index is 0.0238. The summed E-state index contributed by atoms with van der Waals surface area (Å²) in [5.41, 5.74) is 4.88. The van der Waals surface area contributed by atoms with E-state index < -0.39 is 9.84 Å². The van der Waals surface area contributed by atoms with E-state index in [-0.39, 0.29) is 28.7 Å². The van der Waals surface area contributed by atoms with Gasteiger partial charge in [0.1, 0.15) is 0 Å². The molecule has 0 radical (unpaired) electrons. The molecule has 5 rings (SSSR count). The molecule has 1 amide bonds. The van der Waals surface area contributed by atoms with Crippen LogP contribution in [-0.4, -0.2) is 73.4 Å². The molecule has 3 aliphatic heterocycles. The fraction of sp³-hybridized carbons (Fsp3) is 0.417. The molecule has 34 heavy (non-hydrogen) atoms. The number of thioether (sulfide) groups is 1. The quantitative estimate of drug-likeness (QED) is 0.668. The molecule has 2 atom stereocenters. The number of carbonyl (C=O) groups excluding carboxylic acids is 1. The van der Waals surface area contributed by atoms with Crippen LogP contribution in [0.1, 0.15) is 21.5 Å². The van der Waals surface area contributed by atoms with E-state index in [9.17, 15) is 13.2 Å². The number of carbonyl (C=O) groups is 1. The second-order valence-electron chi connectivity index (χ2n) is 9.12. The molecule has 0 spiro atoms. The van der Waals surface area contributed by atoms with Gasteiger partial charge in [-0.25, -0.2) is 8.42 Å². The van der Waals surface area contributed by atoms with E-state index in [0.717, 1.165) is 13.1 Å². The lowest BCUT2D eigenvalue weighted by Crippen LogP contribution is -2.49. The van der Waals surface area contributed by atoms with Crippen LogP contribution in [0, 0.1) is 13.8 Å². The number of halogens is 1. The summed E-state index contributed by atoms with van der Waals surface area (Å²) in [5, 5.41) is 4.30. The zero-order chi connectivity index (χ0) is 24.0. The zero-order valence-electron chi connectivity index (χ0n) is 19.1. The Bertz CT molecular complexity index is 1270. The predicted octanol–water partition coefficient (Wildman–Crippen LogP) is 3.60. The molecule has 2 aromatic carbocycles. The lowest BCUT2D eigenvalue weighted by atomic mass is 10.1. The summed E-state index contributed by atoms with van der Waals surface area (Å²) in [6, 6.07) is 11.5. The highest BCUT2D eigenvalue weighted by Gasteiger charge is 2.42. The van der Waals surface area contributed by atoms with E-state index in [2.05, 4.69) is 47.3 Å². The van der Waals surface area contributed by atoms with Crippen LogP contribution in [0.25, 0.3) is 0 Å². The molecule has 1 N–H and O–H groups in total. The SMILES string of the molecule is Cc1ccc(C)c(N2CCN(C(=O)c3ccc(Cl)c(NC4=N[C@H]5CS(=O)(=O)C[C@H]5S4)c3)CC2)c1. The molecule has 2 saturated heterocycles. The number of piperazine rings is 1. The van der Waals surface area contributed by atoms with Crippen molar-refractivity contribution in [2.24, 2.45) is 4.99 Å². The van der Waals surface area contributed by atoms with Crippen LogP contribution in [0.4, 0.5) is 11.4 Å².